The van der Waals surface area contributed by atoms with Crippen LogP contribution < -0.4 is 10.6 Å². The highest BCUT2D eigenvalue weighted by molar-refractivity contribution is 5.31. The Morgan fingerprint density at radius 1 is 1.06 bits per heavy atom. The Balaban J connectivity index is 0.000000873. The molecule has 18 heavy (non-hydrogen) atoms. The lowest BCUT2D eigenvalue weighted by molar-refractivity contribution is -0.137. The van der Waals surface area contributed by atoms with Crippen LogP contribution >= 0.6 is 0 Å². The Morgan fingerprint density at radius 3 is 2.06 bits per heavy atom. The van der Waals surface area contributed by atoms with E-state index in [9.17, 15) is 13.2 Å². The quantitative estimate of drug-likeness (QED) is 0.875. The predicted octanol–water partition coefficient (Wildman–Crippen LogP) is 2.61. The lowest BCUT2D eigenvalue weighted by atomic mass is 10.0. The van der Waals surface area contributed by atoms with Crippen molar-refractivity contribution in [1.82, 2.24) is 10.6 Å². The number of halogens is 3. The van der Waals surface area contributed by atoms with Crippen LogP contribution in [0.15, 0.2) is 18.2 Å². The molecule has 0 aliphatic carbocycles. The molecule has 0 spiro atoms. The third-order valence-corrected chi connectivity index (χ3v) is 2.13. The highest BCUT2D eigenvalue weighted by Gasteiger charge is 2.30. The summed E-state index contributed by atoms with van der Waals surface area (Å²) in [6, 6.07) is 4.17. The number of hydrogen-bond acceptors (Lipinski definition) is 2. The van der Waals surface area contributed by atoms with Crippen LogP contribution in [-0.4, -0.2) is 27.7 Å². The van der Waals surface area contributed by atoms with E-state index in [1.165, 1.54) is 12.1 Å². The summed E-state index contributed by atoms with van der Waals surface area (Å²) in [7, 11) is 5.53. The highest BCUT2D eigenvalue weighted by Crippen LogP contribution is 2.30. The van der Waals surface area contributed by atoms with Crippen molar-refractivity contribution in [3.8, 4) is 0 Å². The molecule has 0 bridgehead atoms. The average Bonchev–Trinajstić information content (AvgIpc) is 2.25. The van der Waals surface area contributed by atoms with Gasteiger partial charge in [0.25, 0.3) is 0 Å². The van der Waals surface area contributed by atoms with E-state index in [1.807, 2.05) is 14.1 Å². The van der Waals surface area contributed by atoms with Crippen molar-refractivity contribution >= 4 is 0 Å². The van der Waals surface area contributed by atoms with Gasteiger partial charge in [0.15, 0.2) is 0 Å². The normalized spacial score (nSPS) is 10.8. The zero-order valence-electron chi connectivity index (χ0n) is 11.3. The van der Waals surface area contributed by atoms with Gasteiger partial charge in [0.2, 0.25) is 0 Å². The van der Waals surface area contributed by atoms with Gasteiger partial charge in [0.05, 0.1) is 5.56 Å². The molecule has 0 saturated heterocycles. The Labute approximate surface area is 107 Å². The molecular weight excluding hydrogens is 241 g/mol. The van der Waals surface area contributed by atoms with Gasteiger partial charge < -0.3 is 10.6 Å². The second-order valence-corrected chi connectivity index (χ2v) is 4.06. The summed E-state index contributed by atoms with van der Waals surface area (Å²) >= 11 is 0. The molecule has 1 aromatic rings. The number of rotatable bonds is 3. The molecular formula is C13H21F3N2. The summed E-state index contributed by atoms with van der Waals surface area (Å²) in [5, 5.41) is 5.66. The van der Waals surface area contributed by atoms with Crippen LogP contribution in [0.25, 0.3) is 0 Å². The first kappa shape index (κ1) is 16.9. The van der Waals surface area contributed by atoms with Gasteiger partial charge >= 0.3 is 6.18 Å². The predicted molar refractivity (Wildman–Crippen MR) is 68.8 cm³/mol. The zero-order valence-corrected chi connectivity index (χ0v) is 11.3. The lowest BCUT2D eigenvalue weighted by Gasteiger charge is -2.10. The maximum Gasteiger partial charge on any atom is 0.416 e. The average molecular weight is 262 g/mol. The van der Waals surface area contributed by atoms with Gasteiger partial charge in [-0.15, -0.1) is 0 Å². The van der Waals surface area contributed by atoms with Crippen molar-refractivity contribution in [3.63, 3.8) is 0 Å². The number of alkyl halides is 3. The van der Waals surface area contributed by atoms with Gasteiger partial charge in [0.1, 0.15) is 0 Å². The minimum atomic E-state index is -4.25. The molecule has 0 fully saturated rings. The van der Waals surface area contributed by atoms with Gasteiger partial charge in [-0.2, -0.15) is 13.2 Å². The summed E-state index contributed by atoms with van der Waals surface area (Å²) in [5.74, 6) is 0. The van der Waals surface area contributed by atoms with Crippen molar-refractivity contribution in [2.24, 2.45) is 0 Å². The van der Waals surface area contributed by atoms with E-state index in [0.717, 1.165) is 5.56 Å². The zero-order chi connectivity index (χ0) is 14.2. The molecule has 0 heterocycles. The summed E-state index contributed by atoms with van der Waals surface area (Å²) in [6.07, 6.45) is -3.64. The van der Waals surface area contributed by atoms with Crippen LogP contribution in [0.3, 0.4) is 0 Å². The first-order valence-electron chi connectivity index (χ1n) is 5.76. The van der Waals surface area contributed by atoms with E-state index in [4.69, 9.17) is 0 Å². The summed E-state index contributed by atoms with van der Waals surface area (Å²) in [6.45, 7) is 2.36. The van der Waals surface area contributed by atoms with E-state index in [-0.39, 0.29) is 0 Å². The molecule has 104 valence electrons. The number of benzene rings is 1. The molecule has 1 aromatic carbocycles. The van der Waals surface area contributed by atoms with Crippen LogP contribution in [0.1, 0.15) is 16.7 Å². The van der Waals surface area contributed by atoms with Gasteiger partial charge in [-0.05, 0) is 58.7 Å². The van der Waals surface area contributed by atoms with E-state index in [2.05, 4.69) is 10.6 Å². The molecule has 2 nitrogen and oxygen atoms in total. The number of nitrogens with one attached hydrogen (secondary N) is 2. The Kier molecular flexibility index (Phi) is 7.62. The largest absolute Gasteiger partial charge is 0.416 e. The monoisotopic (exact) mass is 262 g/mol. The molecule has 0 amide bonds. The molecule has 0 aliphatic rings. The maximum atomic E-state index is 12.5. The minimum Gasteiger partial charge on any atom is -0.323 e. The molecule has 0 unspecified atom stereocenters. The molecule has 0 aromatic heterocycles. The molecule has 0 saturated carbocycles. The van der Waals surface area contributed by atoms with Gasteiger partial charge in [-0.1, -0.05) is 11.6 Å². The topological polar surface area (TPSA) is 24.1 Å². The lowest BCUT2D eigenvalue weighted by Crippen LogP contribution is -2.12. The van der Waals surface area contributed by atoms with E-state index in [0.29, 0.717) is 18.5 Å². The van der Waals surface area contributed by atoms with Crippen molar-refractivity contribution in [2.75, 3.05) is 27.7 Å². The Bertz CT molecular complexity index is 349. The van der Waals surface area contributed by atoms with Crippen LogP contribution in [0.5, 0.6) is 0 Å². The molecule has 1 rings (SSSR count). The summed E-state index contributed by atoms with van der Waals surface area (Å²) in [5.41, 5.74) is 0.807. The highest BCUT2D eigenvalue weighted by atomic mass is 19.4. The van der Waals surface area contributed by atoms with Crippen LogP contribution in [-0.2, 0) is 12.6 Å². The first-order valence-corrected chi connectivity index (χ1v) is 5.76. The maximum absolute atomic E-state index is 12.5. The van der Waals surface area contributed by atoms with Crippen LogP contribution in [0.2, 0.25) is 0 Å². The Hall–Kier alpha value is -1.07. The second-order valence-electron chi connectivity index (χ2n) is 4.06. The molecule has 0 aliphatic heterocycles. The van der Waals surface area contributed by atoms with Crippen LogP contribution in [0, 0.1) is 6.92 Å². The summed E-state index contributed by atoms with van der Waals surface area (Å²) in [4.78, 5) is 0. The van der Waals surface area contributed by atoms with Crippen molar-refractivity contribution in [3.05, 3.63) is 34.9 Å². The SMILES string of the molecule is CNC.CNCCc1cc(C)cc(C(F)(F)F)c1. The fraction of sp³-hybridized carbons (Fsp3) is 0.538. The molecule has 2 N–H and O–H groups in total. The molecule has 0 atom stereocenters. The van der Waals surface area contributed by atoms with Gasteiger partial charge in [0, 0.05) is 0 Å². The van der Waals surface area contributed by atoms with Crippen molar-refractivity contribution in [2.45, 2.75) is 19.5 Å². The Morgan fingerprint density at radius 2 is 1.61 bits per heavy atom. The summed E-state index contributed by atoms with van der Waals surface area (Å²) < 4.78 is 37.4. The molecule has 0 radical (unpaired) electrons. The first-order chi connectivity index (χ1) is 8.35. The third kappa shape index (κ3) is 6.61. The van der Waals surface area contributed by atoms with Crippen molar-refractivity contribution < 1.29 is 13.2 Å². The van der Waals surface area contributed by atoms with Gasteiger partial charge in [-0.25, -0.2) is 0 Å². The van der Waals surface area contributed by atoms with Gasteiger partial charge in [-0.3, -0.25) is 0 Å². The number of aryl methyl sites for hydroxylation is 1. The fourth-order valence-electron chi connectivity index (χ4n) is 1.44. The van der Waals surface area contributed by atoms with E-state index >= 15 is 0 Å². The third-order valence-electron chi connectivity index (χ3n) is 2.13. The van der Waals surface area contributed by atoms with E-state index in [1.54, 1.807) is 20.0 Å². The van der Waals surface area contributed by atoms with Crippen molar-refractivity contribution in [1.29, 1.82) is 0 Å². The standard InChI is InChI=1S/C11H14F3N.C2H7N/c1-8-5-9(3-4-15-2)7-10(6-8)11(12,13)14;1-3-2/h5-7,15H,3-4H2,1-2H3;3H,1-2H3. The fourth-order valence-corrected chi connectivity index (χ4v) is 1.44. The smallest absolute Gasteiger partial charge is 0.323 e. The second kappa shape index (κ2) is 8.11. The number of hydrogen-bond donors (Lipinski definition) is 2. The minimum absolute atomic E-state index is 0.561. The number of likely N-dealkylation sites (N-methyl/N-ethyl adjacent to an activating group) is 1. The molecule has 5 heteroatoms. The van der Waals surface area contributed by atoms with E-state index < -0.39 is 11.7 Å². The van der Waals surface area contributed by atoms with Crippen LogP contribution in [0.4, 0.5) is 13.2 Å².